The van der Waals surface area contributed by atoms with E-state index in [4.69, 9.17) is 4.74 Å². The SMILES string of the molecule is CN=C(NCCCN1CCN(c2ccccc2)CC1)N1CC(C)C(C(=O)OC)C1. The molecule has 1 aromatic rings. The van der Waals surface area contributed by atoms with E-state index >= 15 is 0 Å². The lowest BCUT2D eigenvalue weighted by Crippen LogP contribution is -2.47. The van der Waals surface area contributed by atoms with Crippen molar-refractivity contribution in [3.8, 4) is 0 Å². The van der Waals surface area contributed by atoms with E-state index in [0.717, 1.165) is 58.2 Å². The molecule has 2 atom stereocenters. The monoisotopic (exact) mass is 401 g/mol. The first-order chi connectivity index (χ1) is 14.1. The summed E-state index contributed by atoms with van der Waals surface area (Å²) in [4.78, 5) is 23.5. The van der Waals surface area contributed by atoms with Gasteiger partial charge in [-0.25, -0.2) is 0 Å². The zero-order valence-corrected chi connectivity index (χ0v) is 18.0. The number of carbonyl (C=O) groups is 1. The molecule has 7 heteroatoms. The maximum atomic E-state index is 11.9. The molecule has 2 fully saturated rings. The van der Waals surface area contributed by atoms with Gasteiger partial charge in [-0.1, -0.05) is 25.1 Å². The number of likely N-dealkylation sites (tertiary alicyclic amines) is 1. The number of hydrogen-bond donors (Lipinski definition) is 1. The molecule has 0 amide bonds. The molecule has 2 saturated heterocycles. The number of ether oxygens (including phenoxy) is 1. The summed E-state index contributed by atoms with van der Waals surface area (Å²) in [5.74, 6) is 0.976. The third-order valence-corrected chi connectivity index (χ3v) is 6.06. The van der Waals surface area contributed by atoms with Crippen LogP contribution >= 0.6 is 0 Å². The van der Waals surface area contributed by atoms with Crippen molar-refractivity contribution in [3.05, 3.63) is 30.3 Å². The van der Waals surface area contributed by atoms with E-state index in [1.165, 1.54) is 12.8 Å². The van der Waals surface area contributed by atoms with E-state index in [2.05, 4.69) is 62.3 Å². The highest BCUT2D eigenvalue weighted by atomic mass is 16.5. The van der Waals surface area contributed by atoms with Gasteiger partial charge >= 0.3 is 5.97 Å². The van der Waals surface area contributed by atoms with E-state index in [1.807, 2.05) is 0 Å². The van der Waals surface area contributed by atoms with Crippen molar-refractivity contribution in [1.29, 1.82) is 0 Å². The highest BCUT2D eigenvalue weighted by Gasteiger charge is 2.36. The number of piperazine rings is 1. The minimum atomic E-state index is -0.120. The lowest BCUT2D eigenvalue weighted by molar-refractivity contribution is -0.145. The molecule has 0 saturated carbocycles. The predicted molar refractivity (Wildman–Crippen MR) is 117 cm³/mol. The topological polar surface area (TPSA) is 60.4 Å². The highest BCUT2D eigenvalue weighted by molar-refractivity contribution is 5.82. The molecule has 0 aromatic heterocycles. The maximum absolute atomic E-state index is 11.9. The minimum absolute atomic E-state index is 0.0699. The van der Waals surface area contributed by atoms with Gasteiger partial charge in [0.15, 0.2) is 5.96 Å². The molecule has 29 heavy (non-hydrogen) atoms. The first-order valence-corrected chi connectivity index (χ1v) is 10.7. The Hall–Kier alpha value is -2.28. The maximum Gasteiger partial charge on any atom is 0.310 e. The van der Waals surface area contributed by atoms with Crippen molar-refractivity contribution in [2.24, 2.45) is 16.8 Å². The quantitative estimate of drug-likeness (QED) is 0.338. The number of carbonyl (C=O) groups excluding carboxylic acids is 1. The number of hydrogen-bond acceptors (Lipinski definition) is 5. The summed E-state index contributed by atoms with van der Waals surface area (Å²) in [6.45, 7) is 9.97. The fourth-order valence-corrected chi connectivity index (χ4v) is 4.30. The molecule has 160 valence electrons. The number of anilines is 1. The number of methoxy groups -OCH3 is 1. The third kappa shape index (κ3) is 5.63. The van der Waals surface area contributed by atoms with Crippen LogP contribution in [0.15, 0.2) is 35.3 Å². The molecule has 0 radical (unpaired) electrons. The summed E-state index contributed by atoms with van der Waals surface area (Å²) in [7, 11) is 3.27. The first-order valence-electron chi connectivity index (χ1n) is 10.7. The Bertz CT molecular complexity index is 673. The van der Waals surface area contributed by atoms with Crippen LogP contribution < -0.4 is 10.2 Å². The zero-order chi connectivity index (χ0) is 20.6. The van der Waals surface area contributed by atoms with Gasteiger partial charge in [-0.3, -0.25) is 14.7 Å². The van der Waals surface area contributed by atoms with Gasteiger partial charge in [0, 0.05) is 58.5 Å². The third-order valence-electron chi connectivity index (χ3n) is 6.06. The van der Waals surface area contributed by atoms with Crippen LogP contribution in [0.3, 0.4) is 0 Å². The molecule has 3 rings (SSSR count). The molecule has 0 bridgehead atoms. The Balaban J connectivity index is 1.35. The van der Waals surface area contributed by atoms with Crippen molar-refractivity contribution in [1.82, 2.24) is 15.1 Å². The van der Waals surface area contributed by atoms with Gasteiger partial charge in [-0.05, 0) is 31.0 Å². The predicted octanol–water partition coefficient (Wildman–Crippen LogP) is 1.52. The summed E-state index contributed by atoms with van der Waals surface area (Å²) in [6.07, 6.45) is 1.08. The lowest BCUT2D eigenvalue weighted by atomic mass is 9.99. The van der Waals surface area contributed by atoms with Crippen molar-refractivity contribution in [2.45, 2.75) is 13.3 Å². The Morgan fingerprint density at radius 2 is 1.90 bits per heavy atom. The highest BCUT2D eigenvalue weighted by Crippen LogP contribution is 2.24. The van der Waals surface area contributed by atoms with Gasteiger partial charge in [-0.15, -0.1) is 0 Å². The molecular weight excluding hydrogens is 366 g/mol. The van der Waals surface area contributed by atoms with Crippen LogP contribution in [0.1, 0.15) is 13.3 Å². The summed E-state index contributed by atoms with van der Waals surface area (Å²) in [6, 6.07) is 10.7. The van der Waals surface area contributed by atoms with E-state index in [-0.39, 0.29) is 17.8 Å². The van der Waals surface area contributed by atoms with Crippen LogP contribution in [-0.2, 0) is 9.53 Å². The molecule has 1 N–H and O–H groups in total. The fourth-order valence-electron chi connectivity index (χ4n) is 4.30. The van der Waals surface area contributed by atoms with Crippen LogP contribution in [0.25, 0.3) is 0 Å². The Kier molecular flexibility index (Phi) is 7.75. The normalized spacial score (nSPS) is 23.3. The number of guanidine groups is 1. The molecule has 2 aliphatic rings. The van der Waals surface area contributed by atoms with Crippen molar-refractivity contribution < 1.29 is 9.53 Å². The van der Waals surface area contributed by atoms with Crippen molar-refractivity contribution in [3.63, 3.8) is 0 Å². The molecule has 1 aromatic carbocycles. The second-order valence-electron chi connectivity index (χ2n) is 8.00. The molecule has 0 spiro atoms. The second-order valence-corrected chi connectivity index (χ2v) is 8.00. The smallest absolute Gasteiger partial charge is 0.310 e. The van der Waals surface area contributed by atoms with Gasteiger partial charge < -0.3 is 19.9 Å². The van der Waals surface area contributed by atoms with Crippen LogP contribution in [0, 0.1) is 11.8 Å². The van der Waals surface area contributed by atoms with Crippen molar-refractivity contribution >= 4 is 17.6 Å². The van der Waals surface area contributed by atoms with E-state index < -0.39 is 0 Å². The van der Waals surface area contributed by atoms with Crippen LogP contribution in [-0.4, -0.2) is 88.2 Å². The summed E-state index contributed by atoms with van der Waals surface area (Å²) < 4.78 is 4.93. The average molecular weight is 402 g/mol. The van der Waals surface area contributed by atoms with Gasteiger partial charge in [-0.2, -0.15) is 0 Å². The van der Waals surface area contributed by atoms with Gasteiger partial charge in [0.1, 0.15) is 0 Å². The van der Waals surface area contributed by atoms with Crippen LogP contribution in [0.5, 0.6) is 0 Å². The lowest BCUT2D eigenvalue weighted by Gasteiger charge is -2.36. The number of benzene rings is 1. The average Bonchev–Trinajstić information content (AvgIpc) is 3.15. The number of rotatable bonds is 6. The molecule has 2 unspecified atom stereocenters. The van der Waals surface area contributed by atoms with Crippen LogP contribution in [0.2, 0.25) is 0 Å². The summed E-state index contributed by atoms with van der Waals surface area (Å²) in [5, 5.41) is 3.47. The Morgan fingerprint density at radius 3 is 2.55 bits per heavy atom. The van der Waals surface area contributed by atoms with Gasteiger partial charge in [0.2, 0.25) is 0 Å². The van der Waals surface area contributed by atoms with Crippen molar-refractivity contribution in [2.75, 3.05) is 71.4 Å². The van der Waals surface area contributed by atoms with Gasteiger partial charge in [0.25, 0.3) is 0 Å². The minimum Gasteiger partial charge on any atom is -0.469 e. The summed E-state index contributed by atoms with van der Waals surface area (Å²) in [5.41, 5.74) is 1.32. The van der Waals surface area contributed by atoms with E-state index in [1.54, 1.807) is 7.05 Å². The zero-order valence-electron chi connectivity index (χ0n) is 18.0. The second kappa shape index (κ2) is 10.5. The molecule has 0 aliphatic carbocycles. The fraction of sp³-hybridized carbons (Fsp3) is 0.636. The number of aliphatic imine (C=N–C) groups is 1. The Morgan fingerprint density at radius 1 is 1.17 bits per heavy atom. The van der Waals surface area contributed by atoms with E-state index in [0.29, 0.717) is 6.54 Å². The van der Waals surface area contributed by atoms with Gasteiger partial charge in [0.05, 0.1) is 13.0 Å². The Labute approximate surface area is 174 Å². The molecule has 7 nitrogen and oxygen atoms in total. The number of esters is 1. The number of nitrogens with one attached hydrogen (secondary N) is 1. The van der Waals surface area contributed by atoms with E-state index in [9.17, 15) is 4.79 Å². The van der Waals surface area contributed by atoms with Crippen LogP contribution in [0.4, 0.5) is 5.69 Å². The molecule has 2 aliphatic heterocycles. The largest absolute Gasteiger partial charge is 0.469 e. The molecular formula is C22H35N5O2. The number of para-hydroxylation sites is 1. The summed E-state index contributed by atoms with van der Waals surface area (Å²) >= 11 is 0. The standard InChI is InChI=1S/C22H35N5O2/c1-18-16-27(17-20(18)21(28)29-3)22(23-2)24-10-7-11-25-12-14-26(15-13-25)19-8-5-4-6-9-19/h4-6,8-9,18,20H,7,10-17H2,1-3H3,(H,23,24). The first kappa shape index (κ1) is 21.4. The number of nitrogens with zero attached hydrogens (tertiary/aromatic N) is 4. The molecule has 2 heterocycles.